The zero-order valence-electron chi connectivity index (χ0n) is 9.87. The summed E-state index contributed by atoms with van der Waals surface area (Å²) in [4.78, 5) is 16.0. The molecule has 1 amide bonds. The Hall–Kier alpha value is -1.13. The standard InChI is InChI=1S/C12H15ClN2O2/c1-7-3-5-10(17-7)12(16)15-9-4-6-11(13)14-8(9)2/h4,6-7,10H,3,5H2,1-2H3,(H,15,16). The minimum absolute atomic E-state index is 0.110. The fourth-order valence-electron chi connectivity index (χ4n) is 1.87. The van der Waals surface area contributed by atoms with E-state index in [1.54, 1.807) is 19.1 Å². The highest BCUT2D eigenvalue weighted by Crippen LogP contribution is 2.22. The van der Waals surface area contributed by atoms with Crippen molar-refractivity contribution >= 4 is 23.2 Å². The van der Waals surface area contributed by atoms with Gasteiger partial charge in [-0.2, -0.15) is 0 Å². The van der Waals surface area contributed by atoms with Crippen LogP contribution in [-0.4, -0.2) is 23.1 Å². The van der Waals surface area contributed by atoms with Gasteiger partial charge in [-0.1, -0.05) is 11.6 Å². The predicted octanol–water partition coefficient (Wildman–Crippen LogP) is 2.55. The molecule has 2 heterocycles. The number of pyridine rings is 1. The molecule has 0 radical (unpaired) electrons. The average molecular weight is 255 g/mol. The third kappa shape index (κ3) is 2.96. The summed E-state index contributed by atoms with van der Waals surface area (Å²) in [6.07, 6.45) is 1.51. The van der Waals surface area contributed by atoms with Crippen LogP contribution < -0.4 is 5.32 Å². The molecule has 17 heavy (non-hydrogen) atoms. The quantitative estimate of drug-likeness (QED) is 0.826. The summed E-state index contributed by atoms with van der Waals surface area (Å²) in [5.41, 5.74) is 1.39. The van der Waals surface area contributed by atoms with Gasteiger partial charge in [0.25, 0.3) is 5.91 Å². The Morgan fingerprint density at radius 2 is 2.29 bits per heavy atom. The molecule has 0 aliphatic carbocycles. The normalized spacial score (nSPS) is 23.7. The van der Waals surface area contributed by atoms with Gasteiger partial charge < -0.3 is 10.1 Å². The smallest absolute Gasteiger partial charge is 0.253 e. The highest BCUT2D eigenvalue weighted by Gasteiger charge is 2.28. The van der Waals surface area contributed by atoms with Gasteiger partial charge in [0.15, 0.2) is 0 Å². The monoisotopic (exact) mass is 254 g/mol. The van der Waals surface area contributed by atoms with Crippen molar-refractivity contribution < 1.29 is 9.53 Å². The second kappa shape index (κ2) is 5.02. The summed E-state index contributed by atoms with van der Waals surface area (Å²) in [5, 5.41) is 3.24. The molecule has 1 fully saturated rings. The van der Waals surface area contributed by atoms with E-state index in [1.165, 1.54) is 0 Å². The van der Waals surface area contributed by atoms with Crippen LogP contribution in [0, 0.1) is 6.92 Å². The van der Waals surface area contributed by atoms with Crippen molar-refractivity contribution in [3.63, 3.8) is 0 Å². The van der Waals surface area contributed by atoms with Gasteiger partial charge in [0.1, 0.15) is 11.3 Å². The molecule has 1 aliphatic rings. The molecular formula is C12H15ClN2O2. The van der Waals surface area contributed by atoms with Crippen LogP contribution in [0.4, 0.5) is 5.69 Å². The first-order chi connectivity index (χ1) is 8.06. The number of hydrogen-bond acceptors (Lipinski definition) is 3. The molecule has 0 saturated carbocycles. The number of carbonyl (C=O) groups is 1. The maximum Gasteiger partial charge on any atom is 0.253 e. The molecule has 2 rings (SSSR count). The number of hydrogen-bond donors (Lipinski definition) is 1. The first-order valence-electron chi connectivity index (χ1n) is 5.65. The van der Waals surface area contributed by atoms with Gasteiger partial charge in [-0.3, -0.25) is 4.79 Å². The predicted molar refractivity (Wildman–Crippen MR) is 66.2 cm³/mol. The van der Waals surface area contributed by atoms with Gasteiger partial charge in [0.2, 0.25) is 0 Å². The number of nitrogens with zero attached hydrogens (tertiary/aromatic N) is 1. The first-order valence-corrected chi connectivity index (χ1v) is 6.03. The molecule has 2 atom stereocenters. The topological polar surface area (TPSA) is 51.2 Å². The fourth-order valence-corrected chi connectivity index (χ4v) is 2.06. The van der Waals surface area contributed by atoms with Crippen molar-refractivity contribution in [2.75, 3.05) is 5.32 Å². The second-order valence-electron chi connectivity index (χ2n) is 4.27. The third-order valence-corrected chi connectivity index (χ3v) is 3.04. The van der Waals surface area contributed by atoms with Crippen LogP contribution in [0.15, 0.2) is 12.1 Å². The lowest BCUT2D eigenvalue weighted by Crippen LogP contribution is -2.28. The molecule has 1 N–H and O–H groups in total. The summed E-state index contributed by atoms with van der Waals surface area (Å²) in [7, 11) is 0. The van der Waals surface area contributed by atoms with E-state index in [0.717, 1.165) is 12.8 Å². The lowest BCUT2D eigenvalue weighted by Gasteiger charge is -2.12. The Bertz CT molecular complexity index is 437. The summed E-state index contributed by atoms with van der Waals surface area (Å²) < 4.78 is 5.50. The molecule has 4 nitrogen and oxygen atoms in total. The largest absolute Gasteiger partial charge is 0.365 e. The lowest BCUT2D eigenvalue weighted by atomic mass is 10.2. The summed E-state index contributed by atoms with van der Waals surface area (Å²) in [6, 6.07) is 3.41. The Morgan fingerprint density at radius 3 is 2.88 bits per heavy atom. The maximum atomic E-state index is 11.9. The summed E-state index contributed by atoms with van der Waals surface area (Å²) >= 11 is 5.75. The number of carbonyl (C=O) groups excluding carboxylic acids is 1. The minimum Gasteiger partial charge on any atom is -0.365 e. The number of ether oxygens (including phenoxy) is 1. The molecule has 1 aromatic rings. The number of amides is 1. The fraction of sp³-hybridized carbons (Fsp3) is 0.500. The summed E-state index contributed by atoms with van der Waals surface area (Å²) in [5.74, 6) is -0.110. The van der Waals surface area contributed by atoms with E-state index in [2.05, 4.69) is 10.3 Å². The maximum absolute atomic E-state index is 11.9. The minimum atomic E-state index is -0.347. The number of rotatable bonds is 2. The number of aryl methyl sites for hydroxylation is 1. The van der Waals surface area contributed by atoms with Crippen LogP contribution in [0.3, 0.4) is 0 Å². The van der Waals surface area contributed by atoms with Crippen molar-refractivity contribution in [1.29, 1.82) is 0 Å². The zero-order valence-corrected chi connectivity index (χ0v) is 10.6. The van der Waals surface area contributed by atoms with E-state index < -0.39 is 0 Å². The van der Waals surface area contributed by atoms with Crippen molar-refractivity contribution in [2.24, 2.45) is 0 Å². The Kier molecular flexibility index (Phi) is 3.64. The summed E-state index contributed by atoms with van der Waals surface area (Å²) in [6.45, 7) is 3.78. The van der Waals surface area contributed by atoms with Crippen molar-refractivity contribution in [2.45, 2.75) is 38.9 Å². The van der Waals surface area contributed by atoms with E-state index >= 15 is 0 Å². The highest BCUT2D eigenvalue weighted by atomic mass is 35.5. The molecule has 2 unspecified atom stereocenters. The van der Waals surface area contributed by atoms with Crippen LogP contribution in [0.25, 0.3) is 0 Å². The SMILES string of the molecule is Cc1nc(Cl)ccc1NC(=O)C1CCC(C)O1. The van der Waals surface area contributed by atoms with Crippen LogP contribution in [0.1, 0.15) is 25.5 Å². The average Bonchev–Trinajstić information content (AvgIpc) is 2.69. The molecule has 0 bridgehead atoms. The van der Waals surface area contributed by atoms with Gasteiger partial charge >= 0.3 is 0 Å². The number of aromatic nitrogens is 1. The van der Waals surface area contributed by atoms with Crippen LogP contribution >= 0.6 is 11.6 Å². The number of nitrogens with one attached hydrogen (secondary N) is 1. The number of halogens is 1. The zero-order chi connectivity index (χ0) is 12.4. The second-order valence-corrected chi connectivity index (χ2v) is 4.66. The number of anilines is 1. The molecule has 92 valence electrons. The van der Waals surface area contributed by atoms with Crippen molar-refractivity contribution in [3.05, 3.63) is 23.0 Å². The van der Waals surface area contributed by atoms with Crippen LogP contribution in [0.5, 0.6) is 0 Å². The Balaban J connectivity index is 2.03. The molecule has 5 heteroatoms. The Labute approximate surface area is 105 Å². The van der Waals surface area contributed by atoms with E-state index in [4.69, 9.17) is 16.3 Å². The van der Waals surface area contributed by atoms with Crippen molar-refractivity contribution in [1.82, 2.24) is 4.98 Å². The van der Waals surface area contributed by atoms with Crippen molar-refractivity contribution in [3.8, 4) is 0 Å². The van der Waals surface area contributed by atoms with E-state index in [-0.39, 0.29) is 18.1 Å². The molecule has 1 aliphatic heterocycles. The molecular weight excluding hydrogens is 240 g/mol. The molecule has 1 aromatic heterocycles. The van der Waals surface area contributed by atoms with E-state index in [9.17, 15) is 4.79 Å². The molecule has 1 saturated heterocycles. The molecule has 0 aromatic carbocycles. The van der Waals surface area contributed by atoms with Gasteiger partial charge in [0, 0.05) is 0 Å². The third-order valence-electron chi connectivity index (χ3n) is 2.83. The van der Waals surface area contributed by atoms with E-state index in [0.29, 0.717) is 16.5 Å². The molecule has 0 spiro atoms. The van der Waals surface area contributed by atoms with Crippen LogP contribution in [0.2, 0.25) is 5.15 Å². The Morgan fingerprint density at radius 1 is 1.53 bits per heavy atom. The van der Waals surface area contributed by atoms with E-state index in [1.807, 2.05) is 6.92 Å². The highest BCUT2D eigenvalue weighted by molar-refractivity contribution is 6.29. The van der Waals surface area contributed by atoms with Gasteiger partial charge in [-0.25, -0.2) is 4.98 Å². The van der Waals surface area contributed by atoms with Gasteiger partial charge in [-0.15, -0.1) is 0 Å². The van der Waals surface area contributed by atoms with Gasteiger partial charge in [0.05, 0.1) is 17.5 Å². The first kappa shape index (κ1) is 12.3. The van der Waals surface area contributed by atoms with Gasteiger partial charge in [-0.05, 0) is 38.8 Å². The lowest BCUT2D eigenvalue weighted by molar-refractivity contribution is -0.126. The van der Waals surface area contributed by atoms with Crippen LogP contribution in [-0.2, 0) is 9.53 Å².